The van der Waals surface area contributed by atoms with Crippen molar-refractivity contribution in [2.24, 2.45) is 5.41 Å². The predicted octanol–water partition coefficient (Wildman–Crippen LogP) is 1.36. The van der Waals surface area contributed by atoms with Gasteiger partial charge in [-0.25, -0.2) is 4.79 Å². The van der Waals surface area contributed by atoms with Crippen LogP contribution in [-0.4, -0.2) is 43.9 Å². The van der Waals surface area contributed by atoms with Crippen molar-refractivity contribution in [1.82, 2.24) is 10.6 Å². The van der Waals surface area contributed by atoms with Gasteiger partial charge >= 0.3 is 12.0 Å². The van der Waals surface area contributed by atoms with Gasteiger partial charge in [-0.2, -0.15) is 0 Å². The first-order valence-electron chi connectivity index (χ1n) is 6.80. The van der Waals surface area contributed by atoms with Crippen LogP contribution >= 0.6 is 0 Å². The fraction of sp³-hybridized carbons (Fsp3) is 0.846. The monoisotopic (exact) mass is 272 g/mol. The van der Waals surface area contributed by atoms with E-state index in [1.165, 1.54) is 6.42 Å². The summed E-state index contributed by atoms with van der Waals surface area (Å²) in [4.78, 5) is 21.9. The molecule has 0 spiro atoms. The second-order valence-corrected chi connectivity index (χ2v) is 5.20. The minimum atomic E-state index is -0.838. The van der Waals surface area contributed by atoms with E-state index in [9.17, 15) is 9.59 Å². The molecule has 0 aliphatic heterocycles. The van der Waals surface area contributed by atoms with Gasteiger partial charge in [0.2, 0.25) is 0 Å². The van der Waals surface area contributed by atoms with Crippen LogP contribution in [0.25, 0.3) is 0 Å². The van der Waals surface area contributed by atoms with Gasteiger partial charge in [0, 0.05) is 33.2 Å². The Kier molecular flexibility index (Phi) is 6.62. The molecule has 1 aliphatic rings. The number of hydrogen-bond donors (Lipinski definition) is 3. The molecule has 0 aromatic carbocycles. The quantitative estimate of drug-likeness (QED) is 0.553. The van der Waals surface area contributed by atoms with Gasteiger partial charge in [-0.1, -0.05) is 6.42 Å². The standard InChI is InChI=1S/C13H24N2O4/c1-19-9-7-13(5-3-6-13)10-15-12(18)14-8-2-4-11(16)17/h2-10H2,1H3,(H,16,17)(H2,14,15,18). The van der Waals surface area contributed by atoms with Crippen LogP contribution in [0, 0.1) is 5.41 Å². The van der Waals surface area contributed by atoms with Crippen LogP contribution in [0.3, 0.4) is 0 Å². The maximum Gasteiger partial charge on any atom is 0.314 e. The largest absolute Gasteiger partial charge is 0.481 e. The van der Waals surface area contributed by atoms with E-state index in [4.69, 9.17) is 9.84 Å². The summed E-state index contributed by atoms with van der Waals surface area (Å²) in [5, 5.41) is 14.0. The van der Waals surface area contributed by atoms with Gasteiger partial charge in [0.25, 0.3) is 0 Å². The molecule has 1 saturated carbocycles. The molecular weight excluding hydrogens is 248 g/mol. The summed E-state index contributed by atoms with van der Waals surface area (Å²) in [5.41, 5.74) is 0.203. The van der Waals surface area contributed by atoms with E-state index in [0.29, 0.717) is 19.5 Å². The lowest BCUT2D eigenvalue weighted by Crippen LogP contribution is -2.46. The lowest BCUT2D eigenvalue weighted by Gasteiger charge is -2.42. The third-order valence-corrected chi connectivity index (χ3v) is 3.73. The molecule has 0 atom stereocenters. The Morgan fingerprint density at radius 3 is 2.58 bits per heavy atom. The van der Waals surface area contributed by atoms with Crippen molar-refractivity contribution < 1.29 is 19.4 Å². The maximum absolute atomic E-state index is 11.5. The van der Waals surface area contributed by atoms with E-state index in [2.05, 4.69) is 10.6 Å². The van der Waals surface area contributed by atoms with E-state index < -0.39 is 5.97 Å². The average molecular weight is 272 g/mol. The molecule has 1 rings (SSSR count). The Morgan fingerprint density at radius 1 is 1.32 bits per heavy atom. The van der Waals surface area contributed by atoms with Crippen molar-refractivity contribution in [3.05, 3.63) is 0 Å². The number of hydrogen-bond acceptors (Lipinski definition) is 3. The summed E-state index contributed by atoms with van der Waals surface area (Å²) in [5.74, 6) is -0.838. The highest BCUT2D eigenvalue weighted by Gasteiger charge is 2.36. The molecule has 19 heavy (non-hydrogen) atoms. The molecule has 6 nitrogen and oxygen atoms in total. The first-order valence-corrected chi connectivity index (χ1v) is 6.80. The van der Waals surface area contributed by atoms with E-state index >= 15 is 0 Å². The fourth-order valence-corrected chi connectivity index (χ4v) is 2.28. The number of aliphatic carboxylic acids is 1. The summed E-state index contributed by atoms with van der Waals surface area (Å²) >= 11 is 0. The molecule has 0 saturated heterocycles. The van der Waals surface area contributed by atoms with Crippen molar-refractivity contribution in [2.75, 3.05) is 26.8 Å². The third-order valence-electron chi connectivity index (χ3n) is 3.73. The van der Waals surface area contributed by atoms with Crippen LogP contribution in [0.2, 0.25) is 0 Å². The molecule has 0 radical (unpaired) electrons. The maximum atomic E-state index is 11.5. The zero-order valence-electron chi connectivity index (χ0n) is 11.5. The van der Waals surface area contributed by atoms with Crippen molar-refractivity contribution in [2.45, 2.75) is 38.5 Å². The Hall–Kier alpha value is -1.30. The predicted molar refractivity (Wildman–Crippen MR) is 71.0 cm³/mol. The highest BCUT2D eigenvalue weighted by Crippen LogP contribution is 2.43. The van der Waals surface area contributed by atoms with Gasteiger partial charge in [-0.3, -0.25) is 4.79 Å². The topological polar surface area (TPSA) is 87.7 Å². The van der Waals surface area contributed by atoms with E-state index in [1.54, 1.807) is 7.11 Å². The van der Waals surface area contributed by atoms with Gasteiger partial charge in [0.05, 0.1) is 0 Å². The highest BCUT2D eigenvalue weighted by atomic mass is 16.5. The summed E-state index contributed by atoms with van der Waals surface area (Å²) in [6, 6.07) is -0.214. The minimum absolute atomic E-state index is 0.0814. The summed E-state index contributed by atoms with van der Waals surface area (Å²) in [6.07, 6.45) is 5.00. The highest BCUT2D eigenvalue weighted by molar-refractivity contribution is 5.74. The van der Waals surface area contributed by atoms with Gasteiger partial charge < -0.3 is 20.5 Å². The third kappa shape index (κ3) is 5.92. The van der Waals surface area contributed by atoms with Crippen molar-refractivity contribution in [1.29, 1.82) is 0 Å². The fourth-order valence-electron chi connectivity index (χ4n) is 2.28. The number of carboxylic acids is 1. The van der Waals surface area contributed by atoms with Crippen LogP contribution in [-0.2, 0) is 9.53 Å². The smallest absolute Gasteiger partial charge is 0.314 e. The number of nitrogens with one attached hydrogen (secondary N) is 2. The minimum Gasteiger partial charge on any atom is -0.481 e. The van der Waals surface area contributed by atoms with E-state index in [1.807, 2.05) is 0 Å². The van der Waals surface area contributed by atoms with Crippen molar-refractivity contribution >= 4 is 12.0 Å². The van der Waals surface area contributed by atoms with E-state index in [0.717, 1.165) is 25.9 Å². The summed E-state index contributed by atoms with van der Waals surface area (Å²) in [7, 11) is 1.69. The molecule has 1 aliphatic carbocycles. The van der Waals surface area contributed by atoms with Crippen LogP contribution in [0.5, 0.6) is 0 Å². The molecule has 6 heteroatoms. The van der Waals surface area contributed by atoms with Gasteiger partial charge in [0.15, 0.2) is 0 Å². The molecule has 1 fully saturated rings. The second-order valence-electron chi connectivity index (χ2n) is 5.20. The Bertz CT molecular complexity index is 303. The number of methoxy groups -OCH3 is 1. The van der Waals surface area contributed by atoms with Crippen molar-refractivity contribution in [3.8, 4) is 0 Å². The molecule has 3 N–H and O–H groups in total. The summed E-state index contributed by atoms with van der Waals surface area (Å²) in [6.45, 7) is 1.78. The number of carbonyl (C=O) groups is 2. The van der Waals surface area contributed by atoms with Crippen LogP contribution in [0.4, 0.5) is 4.79 Å². The molecule has 0 aromatic rings. The van der Waals surface area contributed by atoms with Crippen LogP contribution in [0.15, 0.2) is 0 Å². The Balaban J connectivity index is 2.12. The molecular formula is C13H24N2O4. The average Bonchev–Trinajstić information content (AvgIpc) is 2.33. The lowest BCUT2D eigenvalue weighted by atomic mass is 9.67. The number of urea groups is 1. The first kappa shape index (κ1) is 15.8. The number of amides is 2. The Morgan fingerprint density at radius 2 is 2.05 bits per heavy atom. The number of carboxylic acid groups (broad SMARTS) is 1. The zero-order chi connectivity index (χ0) is 14.1. The molecule has 0 unspecified atom stereocenters. The number of ether oxygens (including phenoxy) is 1. The van der Waals surface area contributed by atoms with Gasteiger partial charge in [0.1, 0.15) is 0 Å². The lowest BCUT2D eigenvalue weighted by molar-refractivity contribution is -0.137. The first-order chi connectivity index (χ1) is 9.08. The van der Waals surface area contributed by atoms with Gasteiger partial charge in [-0.15, -0.1) is 0 Å². The number of carbonyl (C=O) groups excluding carboxylic acids is 1. The van der Waals surface area contributed by atoms with Crippen LogP contribution in [0.1, 0.15) is 38.5 Å². The zero-order valence-corrected chi connectivity index (χ0v) is 11.5. The normalized spacial score (nSPS) is 16.5. The van der Waals surface area contributed by atoms with Crippen LogP contribution < -0.4 is 10.6 Å². The Labute approximate surface area is 113 Å². The van der Waals surface area contributed by atoms with Gasteiger partial charge in [-0.05, 0) is 31.1 Å². The number of rotatable bonds is 9. The second kappa shape index (κ2) is 7.99. The molecule has 2 amide bonds. The molecule has 0 aromatic heterocycles. The van der Waals surface area contributed by atoms with Crippen molar-refractivity contribution in [3.63, 3.8) is 0 Å². The molecule has 110 valence electrons. The summed E-state index contributed by atoms with van der Waals surface area (Å²) < 4.78 is 5.10. The molecule has 0 heterocycles. The molecule has 0 bridgehead atoms. The SMILES string of the molecule is COCCC1(CNC(=O)NCCCC(=O)O)CCC1. The van der Waals surface area contributed by atoms with E-state index in [-0.39, 0.29) is 17.9 Å².